The van der Waals surface area contributed by atoms with Crippen molar-refractivity contribution < 1.29 is 42.1 Å². The molecule has 0 aliphatic heterocycles. The van der Waals surface area contributed by atoms with Crippen molar-refractivity contribution in [2.45, 2.75) is 245 Å². The van der Waals surface area contributed by atoms with Gasteiger partial charge in [0.05, 0.1) is 27.7 Å². The van der Waals surface area contributed by atoms with Gasteiger partial charge in [-0.3, -0.25) is 14.2 Å². The Labute approximate surface area is 365 Å². The fourth-order valence-electron chi connectivity index (χ4n) is 7.12. The first-order valence-corrected chi connectivity index (χ1v) is 26.4. The Bertz CT molecular complexity index is 1020. The minimum absolute atomic E-state index is 0.0291. The molecule has 0 amide bonds. The zero-order valence-corrected chi connectivity index (χ0v) is 40.4. The number of likely N-dealkylation sites (N-methyl/N-ethyl adjacent to an activating group) is 1. The molecule has 0 heterocycles. The zero-order chi connectivity index (χ0) is 43.6. The molecule has 0 aromatic carbocycles. The Hall–Kier alpha value is -1.25. The quantitative estimate of drug-likeness (QED) is 0.0196. The molecule has 10 heteroatoms. The zero-order valence-electron chi connectivity index (χ0n) is 39.5. The molecule has 2 atom stereocenters. The molecule has 59 heavy (non-hydrogen) atoms. The second-order valence-corrected chi connectivity index (χ2v) is 19.6. The van der Waals surface area contributed by atoms with E-state index in [1.54, 1.807) is 0 Å². The van der Waals surface area contributed by atoms with E-state index in [9.17, 15) is 19.0 Å². The van der Waals surface area contributed by atoms with Crippen molar-refractivity contribution in [2.24, 2.45) is 0 Å². The third kappa shape index (κ3) is 46.1. The van der Waals surface area contributed by atoms with Crippen molar-refractivity contribution in [1.82, 2.24) is 0 Å². The molecule has 0 fully saturated rings. The van der Waals surface area contributed by atoms with E-state index in [2.05, 4.69) is 26.0 Å². The molecule has 0 aromatic heterocycles. The molecule has 0 saturated heterocycles. The van der Waals surface area contributed by atoms with E-state index in [-0.39, 0.29) is 32.0 Å². The van der Waals surface area contributed by atoms with Gasteiger partial charge in [-0.1, -0.05) is 199 Å². The molecule has 0 aromatic rings. The molecule has 0 aliphatic carbocycles. The van der Waals surface area contributed by atoms with Crippen LogP contribution in [0.25, 0.3) is 0 Å². The van der Waals surface area contributed by atoms with Crippen LogP contribution in [-0.2, 0) is 32.7 Å². The Morgan fingerprint density at radius 2 is 0.864 bits per heavy atom. The molecule has 0 aliphatic rings. The highest BCUT2D eigenvalue weighted by molar-refractivity contribution is 7.45. The van der Waals surface area contributed by atoms with Crippen LogP contribution < -0.4 is 4.89 Å². The summed E-state index contributed by atoms with van der Waals surface area (Å²) < 4.78 is 34.0. The van der Waals surface area contributed by atoms with E-state index in [1.807, 2.05) is 21.1 Å². The molecule has 0 saturated carbocycles. The maximum absolute atomic E-state index is 12.7. The maximum atomic E-state index is 12.7. The largest absolute Gasteiger partial charge is 0.756 e. The highest BCUT2D eigenvalue weighted by atomic mass is 31.2. The lowest BCUT2D eigenvalue weighted by atomic mass is 10.0. The van der Waals surface area contributed by atoms with Gasteiger partial charge in [-0.25, -0.2) is 0 Å². The summed E-state index contributed by atoms with van der Waals surface area (Å²) >= 11 is 0. The molecule has 0 spiro atoms. The summed E-state index contributed by atoms with van der Waals surface area (Å²) in [5.41, 5.74) is 0. The van der Waals surface area contributed by atoms with Crippen molar-refractivity contribution >= 4 is 19.8 Å². The summed E-state index contributed by atoms with van der Waals surface area (Å²) in [6, 6.07) is 0. The fraction of sp³-hybridized carbons (Fsp3) is 0.918. The van der Waals surface area contributed by atoms with Gasteiger partial charge in [-0.05, 0) is 38.5 Å². The van der Waals surface area contributed by atoms with Crippen molar-refractivity contribution in [3.05, 3.63) is 12.2 Å². The molecule has 0 radical (unpaired) electrons. The highest BCUT2D eigenvalue weighted by Gasteiger charge is 2.21. The molecular weight excluding hydrogens is 762 g/mol. The number of ether oxygens (including phenoxy) is 2. The second-order valence-electron chi connectivity index (χ2n) is 18.2. The van der Waals surface area contributed by atoms with Crippen molar-refractivity contribution in [1.29, 1.82) is 0 Å². The maximum Gasteiger partial charge on any atom is 0.306 e. The van der Waals surface area contributed by atoms with E-state index in [4.69, 9.17) is 18.5 Å². The van der Waals surface area contributed by atoms with E-state index in [0.29, 0.717) is 17.4 Å². The number of allylic oxidation sites excluding steroid dienone is 2. The summed E-state index contributed by atoms with van der Waals surface area (Å²) in [4.78, 5) is 37.6. The Kier molecular flexibility index (Phi) is 41.2. The number of quaternary nitrogens is 1. The number of hydrogen-bond acceptors (Lipinski definition) is 8. The van der Waals surface area contributed by atoms with E-state index < -0.39 is 26.5 Å². The lowest BCUT2D eigenvalue weighted by Crippen LogP contribution is -2.37. The number of rotatable bonds is 46. The normalized spacial score (nSPS) is 13.5. The number of carbonyl (C=O) groups excluding carboxylic acids is 2. The first-order valence-electron chi connectivity index (χ1n) is 24.9. The van der Waals surface area contributed by atoms with Gasteiger partial charge in [0.25, 0.3) is 7.82 Å². The monoisotopic (exact) mass is 858 g/mol. The standard InChI is InChI=1S/C49H96NO8P/c1-6-8-10-12-14-16-18-20-22-24-25-26-28-29-31-33-35-37-39-41-48(51)55-45-47(46-57-59(53,54)56-44-43-50(3,4)5)58-49(52)42-40-38-36-34-32-30-27-23-21-19-17-15-13-11-9-7-2/h23,27,47H,6-22,24-26,28-46H2,1-5H3/b27-23-/t47-/m1/s1. The van der Waals surface area contributed by atoms with Crippen LogP contribution in [0.4, 0.5) is 0 Å². The van der Waals surface area contributed by atoms with Crippen molar-refractivity contribution in [3.8, 4) is 0 Å². The van der Waals surface area contributed by atoms with Gasteiger partial charge in [0.15, 0.2) is 6.10 Å². The Morgan fingerprint density at radius 3 is 1.25 bits per heavy atom. The van der Waals surface area contributed by atoms with Crippen LogP contribution in [-0.4, -0.2) is 70.0 Å². The molecule has 9 nitrogen and oxygen atoms in total. The predicted octanol–water partition coefficient (Wildman–Crippen LogP) is 13.9. The molecule has 0 rings (SSSR count). The fourth-order valence-corrected chi connectivity index (χ4v) is 7.85. The van der Waals surface area contributed by atoms with Gasteiger partial charge >= 0.3 is 11.9 Å². The van der Waals surface area contributed by atoms with E-state index >= 15 is 0 Å². The van der Waals surface area contributed by atoms with Gasteiger partial charge in [0.2, 0.25) is 0 Å². The van der Waals surface area contributed by atoms with Crippen molar-refractivity contribution in [3.63, 3.8) is 0 Å². The van der Waals surface area contributed by atoms with Crippen LogP contribution in [0.15, 0.2) is 12.2 Å². The lowest BCUT2D eigenvalue weighted by Gasteiger charge is -2.28. The molecule has 0 N–H and O–H groups in total. The van der Waals surface area contributed by atoms with Crippen LogP contribution in [0.1, 0.15) is 239 Å². The molecule has 0 bridgehead atoms. The third-order valence-corrected chi connectivity index (χ3v) is 12.0. The second kappa shape index (κ2) is 42.1. The highest BCUT2D eigenvalue weighted by Crippen LogP contribution is 2.38. The van der Waals surface area contributed by atoms with Gasteiger partial charge in [-0.2, -0.15) is 0 Å². The summed E-state index contributed by atoms with van der Waals surface area (Å²) in [5, 5.41) is 0. The van der Waals surface area contributed by atoms with Gasteiger partial charge in [0.1, 0.15) is 19.8 Å². The Morgan fingerprint density at radius 1 is 0.508 bits per heavy atom. The van der Waals surface area contributed by atoms with Crippen LogP contribution >= 0.6 is 7.82 Å². The number of carbonyl (C=O) groups is 2. The number of esters is 2. The molecule has 350 valence electrons. The molecular formula is C49H96NO8P. The lowest BCUT2D eigenvalue weighted by molar-refractivity contribution is -0.870. The number of phosphoric acid groups is 1. The van der Waals surface area contributed by atoms with Gasteiger partial charge in [-0.15, -0.1) is 0 Å². The SMILES string of the molecule is CCCCCCCCC/C=C\CCCCCCCC(=O)O[C@H](COC(=O)CCCCCCCCCCCCCCCCCCCCC)COP(=O)([O-])OCC[N+](C)(C)C. The average molecular weight is 858 g/mol. The first-order chi connectivity index (χ1) is 28.5. The van der Waals surface area contributed by atoms with E-state index in [0.717, 1.165) is 51.4 Å². The minimum Gasteiger partial charge on any atom is -0.756 e. The Balaban J connectivity index is 4.24. The number of nitrogens with zero attached hydrogens (tertiary/aromatic N) is 1. The van der Waals surface area contributed by atoms with Crippen LogP contribution in [0, 0.1) is 0 Å². The summed E-state index contributed by atoms with van der Waals surface area (Å²) in [5.74, 6) is -0.830. The topological polar surface area (TPSA) is 111 Å². The first kappa shape index (κ1) is 57.8. The number of hydrogen-bond donors (Lipinski definition) is 0. The predicted molar refractivity (Wildman–Crippen MR) is 245 cm³/mol. The number of unbranched alkanes of at least 4 members (excludes halogenated alkanes) is 30. The smallest absolute Gasteiger partial charge is 0.306 e. The van der Waals surface area contributed by atoms with Crippen LogP contribution in [0.3, 0.4) is 0 Å². The van der Waals surface area contributed by atoms with Gasteiger partial charge in [0, 0.05) is 12.8 Å². The average Bonchev–Trinajstić information content (AvgIpc) is 3.19. The van der Waals surface area contributed by atoms with Crippen molar-refractivity contribution in [2.75, 3.05) is 47.5 Å². The van der Waals surface area contributed by atoms with Crippen LogP contribution in [0.2, 0.25) is 0 Å². The van der Waals surface area contributed by atoms with E-state index in [1.165, 1.54) is 154 Å². The summed E-state index contributed by atoms with van der Waals surface area (Å²) in [7, 11) is 1.17. The summed E-state index contributed by atoms with van der Waals surface area (Å²) in [6.45, 7) is 4.26. The number of phosphoric ester groups is 1. The minimum atomic E-state index is -4.62. The van der Waals surface area contributed by atoms with Gasteiger partial charge < -0.3 is 27.9 Å². The molecule has 1 unspecified atom stereocenters. The third-order valence-electron chi connectivity index (χ3n) is 11.0. The van der Waals surface area contributed by atoms with Crippen LogP contribution in [0.5, 0.6) is 0 Å². The summed E-state index contributed by atoms with van der Waals surface area (Å²) in [6.07, 6.45) is 45.2.